The minimum absolute atomic E-state index is 0.0687. The van der Waals surface area contributed by atoms with Gasteiger partial charge in [-0.3, -0.25) is 9.59 Å². The largest absolute Gasteiger partial charge is 0.356 e. The zero-order valence-corrected chi connectivity index (χ0v) is 11.0. The number of H-pyrrole nitrogens is 1. The van der Waals surface area contributed by atoms with Crippen LogP contribution in [-0.4, -0.2) is 29.2 Å². The average molecular weight is 264 g/mol. The molecular weight excluding hydrogens is 244 g/mol. The van der Waals surface area contributed by atoms with Crippen LogP contribution in [0, 0.1) is 0 Å². The van der Waals surface area contributed by atoms with Gasteiger partial charge in [-0.2, -0.15) is 5.10 Å². The Kier molecular flexibility index (Phi) is 4.68. The second kappa shape index (κ2) is 6.47. The van der Waals surface area contributed by atoms with E-state index in [1.54, 1.807) is 0 Å². The summed E-state index contributed by atoms with van der Waals surface area (Å²) < 4.78 is 0. The van der Waals surface area contributed by atoms with Crippen molar-refractivity contribution in [3.05, 3.63) is 27.2 Å². The summed E-state index contributed by atoms with van der Waals surface area (Å²) in [4.78, 5) is 23.5. The van der Waals surface area contributed by atoms with Crippen molar-refractivity contribution >= 4 is 5.91 Å². The Morgan fingerprint density at radius 3 is 2.79 bits per heavy atom. The third-order valence-corrected chi connectivity index (χ3v) is 3.41. The Hall–Kier alpha value is -1.69. The normalized spacial score (nSPS) is 13.9. The van der Waals surface area contributed by atoms with E-state index >= 15 is 0 Å². The van der Waals surface area contributed by atoms with Crippen molar-refractivity contribution in [1.29, 1.82) is 0 Å². The van der Waals surface area contributed by atoms with E-state index < -0.39 is 0 Å². The van der Waals surface area contributed by atoms with Gasteiger partial charge in [0.1, 0.15) is 0 Å². The van der Waals surface area contributed by atoms with E-state index in [-0.39, 0.29) is 17.9 Å². The number of fused-ring (bicyclic) bond motifs is 1. The second-order valence-corrected chi connectivity index (χ2v) is 4.83. The zero-order valence-electron chi connectivity index (χ0n) is 11.0. The summed E-state index contributed by atoms with van der Waals surface area (Å²) in [7, 11) is 0. The quantitative estimate of drug-likeness (QED) is 0.633. The Morgan fingerprint density at radius 2 is 2.05 bits per heavy atom. The number of nitrogens with one attached hydrogen (secondary N) is 2. The Balaban J connectivity index is 2.08. The highest BCUT2D eigenvalue weighted by molar-refractivity contribution is 5.78. The molecule has 0 saturated carbocycles. The summed E-state index contributed by atoms with van der Waals surface area (Å²) in [6.07, 6.45) is 4.71. The monoisotopic (exact) mass is 264 g/mol. The molecule has 19 heavy (non-hydrogen) atoms. The minimum atomic E-state index is -0.109. The maximum absolute atomic E-state index is 11.8. The molecule has 1 aromatic heterocycles. The molecule has 4 N–H and O–H groups in total. The molecular formula is C13H20N4O2. The Bertz CT molecular complexity index is 510. The molecule has 0 atom stereocenters. The molecule has 1 heterocycles. The second-order valence-electron chi connectivity index (χ2n) is 4.83. The number of amides is 1. The number of rotatable bonds is 5. The molecule has 1 aromatic rings. The van der Waals surface area contributed by atoms with Gasteiger partial charge in [-0.15, -0.1) is 0 Å². The van der Waals surface area contributed by atoms with Crippen molar-refractivity contribution in [3.8, 4) is 0 Å². The smallest absolute Gasteiger partial charge is 0.267 e. The van der Waals surface area contributed by atoms with Gasteiger partial charge in [0.25, 0.3) is 5.56 Å². The molecule has 1 amide bonds. The van der Waals surface area contributed by atoms with Crippen LogP contribution in [0.2, 0.25) is 0 Å². The predicted octanol–water partition coefficient (Wildman–Crippen LogP) is -0.344. The first-order chi connectivity index (χ1) is 9.22. The van der Waals surface area contributed by atoms with Crippen LogP contribution in [0.3, 0.4) is 0 Å². The summed E-state index contributed by atoms with van der Waals surface area (Å²) in [6, 6.07) is 0. The lowest BCUT2D eigenvalue weighted by Gasteiger charge is -2.17. The first-order valence-corrected chi connectivity index (χ1v) is 6.78. The fourth-order valence-electron chi connectivity index (χ4n) is 2.42. The number of hydrogen-bond acceptors (Lipinski definition) is 4. The van der Waals surface area contributed by atoms with Gasteiger partial charge in [-0.25, -0.2) is 5.10 Å². The number of nitrogens with two attached hydrogens (primary N) is 1. The molecule has 104 valence electrons. The summed E-state index contributed by atoms with van der Waals surface area (Å²) in [5.41, 5.74) is 7.76. The van der Waals surface area contributed by atoms with Crippen LogP contribution in [0.4, 0.5) is 0 Å². The van der Waals surface area contributed by atoms with Crippen molar-refractivity contribution in [1.82, 2.24) is 15.5 Å². The highest BCUT2D eigenvalue weighted by Crippen LogP contribution is 2.20. The van der Waals surface area contributed by atoms with Crippen molar-refractivity contribution < 1.29 is 4.79 Å². The third-order valence-electron chi connectivity index (χ3n) is 3.41. The number of aromatic amines is 1. The summed E-state index contributed by atoms with van der Waals surface area (Å²) in [5.74, 6) is -0.0687. The van der Waals surface area contributed by atoms with Crippen LogP contribution in [0.15, 0.2) is 4.79 Å². The summed E-state index contributed by atoms with van der Waals surface area (Å²) in [5, 5.41) is 9.33. The van der Waals surface area contributed by atoms with E-state index in [9.17, 15) is 9.59 Å². The molecule has 1 aliphatic carbocycles. The molecule has 0 unspecified atom stereocenters. The Morgan fingerprint density at radius 1 is 1.32 bits per heavy atom. The van der Waals surface area contributed by atoms with E-state index in [1.807, 2.05) is 0 Å². The van der Waals surface area contributed by atoms with Crippen LogP contribution < -0.4 is 16.6 Å². The van der Waals surface area contributed by atoms with Gasteiger partial charge in [-0.1, -0.05) is 0 Å². The topological polar surface area (TPSA) is 101 Å². The van der Waals surface area contributed by atoms with Gasteiger partial charge in [0.15, 0.2) is 0 Å². The highest BCUT2D eigenvalue weighted by atomic mass is 16.1. The third kappa shape index (κ3) is 3.41. The number of nitrogens with zero attached hydrogens (tertiary/aromatic N) is 1. The van der Waals surface area contributed by atoms with E-state index in [1.165, 1.54) is 0 Å². The van der Waals surface area contributed by atoms with E-state index in [4.69, 9.17) is 5.73 Å². The van der Waals surface area contributed by atoms with Gasteiger partial charge in [0.05, 0.1) is 12.1 Å². The first-order valence-electron chi connectivity index (χ1n) is 6.78. The van der Waals surface area contributed by atoms with Gasteiger partial charge in [0.2, 0.25) is 5.91 Å². The minimum Gasteiger partial charge on any atom is -0.356 e. The molecule has 0 bridgehead atoms. The van der Waals surface area contributed by atoms with E-state index in [0.717, 1.165) is 43.2 Å². The molecule has 0 spiro atoms. The van der Waals surface area contributed by atoms with Crippen LogP contribution in [0.25, 0.3) is 0 Å². The van der Waals surface area contributed by atoms with Gasteiger partial charge in [-0.05, 0) is 44.2 Å². The number of carbonyl (C=O) groups excluding carboxylic acids is 1. The van der Waals surface area contributed by atoms with Crippen molar-refractivity contribution in [2.24, 2.45) is 5.73 Å². The molecule has 6 nitrogen and oxygen atoms in total. The van der Waals surface area contributed by atoms with Crippen molar-refractivity contribution in [2.75, 3.05) is 13.1 Å². The molecule has 0 aromatic carbocycles. The molecule has 0 saturated heterocycles. The first kappa shape index (κ1) is 13.7. The SMILES string of the molecule is NCCCNC(=O)Cc1n[nH]c(=O)c2c1CCCC2. The predicted molar refractivity (Wildman–Crippen MR) is 71.9 cm³/mol. The van der Waals surface area contributed by atoms with Crippen molar-refractivity contribution in [3.63, 3.8) is 0 Å². The molecule has 6 heteroatoms. The van der Waals surface area contributed by atoms with E-state index in [2.05, 4.69) is 15.5 Å². The molecule has 0 radical (unpaired) electrons. The number of aromatic nitrogens is 2. The standard InChI is InChI=1S/C13H20N4O2/c14-6-3-7-15-12(18)8-11-9-4-1-2-5-10(9)13(19)17-16-11/h1-8,14H2,(H,15,18)(H,17,19). The summed E-state index contributed by atoms with van der Waals surface area (Å²) >= 11 is 0. The number of hydrogen-bond donors (Lipinski definition) is 3. The van der Waals surface area contributed by atoms with Gasteiger partial charge in [0, 0.05) is 12.1 Å². The summed E-state index contributed by atoms with van der Waals surface area (Å²) in [6.45, 7) is 1.15. The molecule has 1 aliphatic rings. The molecule has 0 aliphatic heterocycles. The van der Waals surface area contributed by atoms with Crippen LogP contribution in [0.1, 0.15) is 36.1 Å². The number of carbonyl (C=O) groups is 1. The highest BCUT2D eigenvalue weighted by Gasteiger charge is 2.19. The maximum atomic E-state index is 11.8. The van der Waals surface area contributed by atoms with Crippen LogP contribution >= 0.6 is 0 Å². The molecule has 0 fully saturated rings. The Labute approximate surface area is 111 Å². The lowest BCUT2D eigenvalue weighted by atomic mass is 9.91. The maximum Gasteiger partial charge on any atom is 0.267 e. The zero-order chi connectivity index (χ0) is 13.7. The average Bonchev–Trinajstić information content (AvgIpc) is 2.43. The van der Waals surface area contributed by atoms with Gasteiger partial charge >= 0.3 is 0 Å². The molecule has 2 rings (SSSR count). The van der Waals surface area contributed by atoms with Crippen LogP contribution in [-0.2, 0) is 24.1 Å². The van der Waals surface area contributed by atoms with Gasteiger partial charge < -0.3 is 11.1 Å². The fraction of sp³-hybridized carbons (Fsp3) is 0.615. The fourth-order valence-corrected chi connectivity index (χ4v) is 2.42. The van der Waals surface area contributed by atoms with E-state index in [0.29, 0.717) is 18.8 Å². The lowest BCUT2D eigenvalue weighted by Crippen LogP contribution is -2.30. The van der Waals surface area contributed by atoms with Crippen molar-refractivity contribution in [2.45, 2.75) is 38.5 Å². The van der Waals surface area contributed by atoms with Crippen LogP contribution in [0.5, 0.6) is 0 Å². The lowest BCUT2D eigenvalue weighted by molar-refractivity contribution is -0.120.